The van der Waals surface area contributed by atoms with E-state index < -0.39 is 11.0 Å². The number of non-ortho nitro benzene ring substituents is 1. The van der Waals surface area contributed by atoms with Gasteiger partial charge in [0.2, 0.25) is 5.91 Å². The number of carbonyl (C=O) groups excluding carboxylic acids is 2. The number of nitrogens with one attached hydrogen (secondary N) is 1. The average Bonchev–Trinajstić information content (AvgIpc) is 3.25. The molecule has 2 amide bonds. The first-order chi connectivity index (χ1) is 16.8. The standard InChI is InChI=1S/C24H28N6O5/c1-4-35-24(32)29(18-5-7-19(8-6-18)30(33)34)14-21(31)28-11-9-17(10-12-28)20-13-25-15(2)22-23(20)27-16(3)26-22/h5-8,13,17H,4,9-12,14H2,1-3H3,(H,26,27). The molecule has 35 heavy (non-hydrogen) atoms. The molecule has 0 atom stereocenters. The Labute approximate surface area is 202 Å². The second-order valence-corrected chi connectivity index (χ2v) is 8.56. The molecule has 1 aliphatic rings. The SMILES string of the molecule is CCOC(=O)N(CC(=O)N1CCC(c2cnc(C)c3[nH]c(C)nc23)CC1)c1ccc([N+](=O)[O-])cc1. The number of nitrogens with zero attached hydrogens (tertiary/aromatic N) is 5. The quantitative estimate of drug-likeness (QED) is 0.418. The minimum Gasteiger partial charge on any atom is -0.449 e. The molecule has 3 heterocycles. The number of likely N-dealkylation sites (tertiary alicyclic amines) is 1. The van der Waals surface area contributed by atoms with Crippen molar-refractivity contribution in [2.45, 2.75) is 39.5 Å². The molecule has 0 saturated carbocycles. The molecule has 0 bridgehead atoms. The number of H-pyrrole nitrogens is 1. The predicted molar refractivity (Wildman–Crippen MR) is 129 cm³/mol. The summed E-state index contributed by atoms with van der Waals surface area (Å²) >= 11 is 0. The fourth-order valence-electron chi connectivity index (χ4n) is 4.45. The highest BCUT2D eigenvalue weighted by Gasteiger charge is 2.29. The highest BCUT2D eigenvalue weighted by atomic mass is 16.6. The Bertz CT molecular complexity index is 1250. The Morgan fingerprint density at radius 1 is 1.23 bits per heavy atom. The van der Waals surface area contributed by atoms with Crippen molar-refractivity contribution in [3.63, 3.8) is 0 Å². The van der Waals surface area contributed by atoms with E-state index in [0.717, 1.165) is 41.0 Å². The van der Waals surface area contributed by atoms with E-state index in [4.69, 9.17) is 4.74 Å². The van der Waals surface area contributed by atoms with Gasteiger partial charge in [-0.3, -0.25) is 24.8 Å². The number of hydrogen-bond acceptors (Lipinski definition) is 7. The average molecular weight is 481 g/mol. The minimum absolute atomic E-state index is 0.0993. The largest absolute Gasteiger partial charge is 0.449 e. The number of aromatic amines is 1. The number of piperidine rings is 1. The Kier molecular flexibility index (Phi) is 6.94. The normalized spacial score (nSPS) is 14.2. The fraction of sp³-hybridized carbons (Fsp3) is 0.417. The molecule has 0 spiro atoms. The lowest BCUT2D eigenvalue weighted by Gasteiger charge is -2.33. The topological polar surface area (TPSA) is 135 Å². The summed E-state index contributed by atoms with van der Waals surface area (Å²) in [5.41, 5.74) is 4.14. The summed E-state index contributed by atoms with van der Waals surface area (Å²) in [6.07, 6.45) is 2.73. The van der Waals surface area contributed by atoms with Gasteiger partial charge in [-0.15, -0.1) is 0 Å². The van der Waals surface area contributed by atoms with Gasteiger partial charge in [0.15, 0.2) is 0 Å². The monoisotopic (exact) mass is 480 g/mol. The number of nitro groups is 1. The highest BCUT2D eigenvalue weighted by molar-refractivity contribution is 5.95. The third-order valence-corrected chi connectivity index (χ3v) is 6.30. The number of benzene rings is 1. The second-order valence-electron chi connectivity index (χ2n) is 8.56. The predicted octanol–water partition coefficient (Wildman–Crippen LogP) is 3.85. The van der Waals surface area contributed by atoms with Crippen molar-refractivity contribution < 1.29 is 19.2 Å². The lowest BCUT2D eigenvalue weighted by molar-refractivity contribution is -0.384. The van der Waals surface area contributed by atoms with Gasteiger partial charge in [-0.25, -0.2) is 9.78 Å². The molecule has 184 valence electrons. The number of fused-ring (bicyclic) bond motifs is 1. The van der Waals surface area contributed by atoms with E-state index in [1.165, 1.54) is 29.2 Å². The molecule has 1 saturated heterocycles. The number of carbonyl (C=O) groups is 2. The zero-order chi connectivity index (χ0) is 25.1. The molecule has 3 aromatic rings. The summed E-state index contributed by atoms with van der Waals surface area (Å²) < 4.78 is 5.12. The lowest BCUT2D eigenvalue weighted by atomic mass is 9.89. The second kappa shape index (κ2) is 10.1. The summed E-state index contributed by atoms with van der Waals surface area (Å²) in [5.74, 6) is 0.862. The van der Waals surface area contributed by atoms with Crippen molar-refractivity contribution in [1.82, 2.24) is 19.9 Å². The van der Waals surface area contributed by atoms with E-state index in [9.17, 15) is 19.7 Å². The van der Waals surface area contributed by atoms with Crippen molar-refractivity contribution in [3.05, 3.63) is 57.7 Å². The van der Waals surface area contributed by atoms with E-state index in [0.29, 0.717) is 18.8 Å². The van der Waals surface area contributed by atoms with Crippen LogP contribution >= 0.6 is 0 Å². The third-order valence-electron chi connectivity index (χ3n) is 6.30. The zero-order valence-electron chi connectivity index (χ0n) is 20.0. The Balaban J connectivity index is 1.45. The van der Waals surface area contributed by atoms with E-state index >= 15 is 0 Å². The van der Waals surface area contributed by atoms with Crippen LogP contribution in [-0.4, -0.2) is 63.0 Å². The van der Waals surface area contributed by atoms with Gasteiger partial charge in [0.1, 0.15) is 12.4 Å². The summed E-state index contributed by atoms with van der Waals surface area (Å²) in [6.45, 7) is 6.56. The first kappa shape index (κ1) is 24.1. The Morgan fingerprint density at radius 3 is 2.54 bits per heavy atom. The first-order valence-electron chi connectivity index (χ1n) is 11.6. The van der Waals surface area contributed by atoms with Crippen LogP contribution in [0.2, 0.25) is 0 Å². The van der Waals surface area contributed by atoms with Crippen LogP contribution in [0.1, 0.15) is 42.8 Å². The molecule has 11 heteroatoms. The van der Waals surface area contributed by atoms with Gasteiger partial charge < -0.3 is 14.6 Å². The van der Waals surface area contributed by atoms with E-state index in [-0.39, 0.29) is 30.7 Å². The van der Waals surface area contributed by atoms with Crippen LogP contribution in [0.25, 0.3) is 11.0 Å². The van der Waals surface area contributed by atoms with Crippen LogP contribution < -0.4 is 4.90 Å². The summed E-state index contributed by atoms with van der Waals surface area (Å²) in [5, 5.41) is 11.0. The number of amides is 2. The van der Waals surface area contributed by atoms with Gasteiger partial charge in [-0.1, -0.05) is 0 Å². The number of hydrogen-bond donors (Lipinski definition) is 1. The van der Waals surface area contributed by atoms with Crippen molar-refractivity contribution >= 4 is 34.4 Å². The van der Waals surface area contributed by atoms with Gasteiger partial charge in [-0.2, -0.15) is 0 Å². The van der Waals surface area contributed by atoms with Gasteiger partial charge in [0, 0.05) is 42.7 Å². The van der Waals surface area contributed by atoms with Crippen LogP contribution in [-0.2, 0) is 9.53 Å². The third kappa shape index (κ3) is 5.08. The Morgan fingerprint density at radius 2 is 1.91 bits per heavy atom. The number of nitro benzene ring substituents is 1. The fourth-order valence-corrected chi connectivity index (χ4v) is 4.45. The summed E-state index contributed by atoms with van der Waals surface area (Å²) in [6, 6.07) is 5.47. The lowest BCUT2D eigenvalue weighted by Crippen LogP contribution is -2.46. The smallest absolute Gasteiger partial charge is 0.414 e. The number of anilines is 1. The molecular formula is C24H28N6O5. The van der Waals surface area contributed by atoms with Crippen LogP contribution in [0.3, 0.4) is 0 Å². The van der Waals surface area contributed by atoms with Gasteiger partial charge in [0.05, 0.1) is 28.3 Å². The number of imidazole rings is 1. The van der Waals surface area contributed by atoms with Gasteiger partial charge >= 0.3 is 6.09 Å². The Hall–Kier alpha value is -4.02. The molecule has 11 nitrogen and oxygen atoms in total. The molecule has 1 aliphatic heterocycles. The molecule has 1 aromatic carbocycles. The van der Waals surface area contributed by atoms with Crippen molar-refractivity contribution in [2.24, 2.45) is 0 Å². The minimum atomic E-state index is -0.674. The maximum atomic E-state index is 13.1. The number of pyridine rings is 1. The van der Waals surface area contributed by atoms with Crippen LogP contribution in [0.4, 0.5) is 16.2 Å². The van der Waals surface area contributed by atoms with Crippen molar-refractivity contribution in [1.29, 1.82) is 0 Å². The molecule has 0 radical (unpaired) electrons. The maximum Gasteiger partial charge on any atom is 0.414 e. The molecule has 0 aliphatic carbocycles. The molecular weight excluding hydrogens is 452 g/mol. The maximum absolute atomic E-state index is 13.1. The van der Waals surface area contributed by atoms with Crippen molar-refractivity contribution in [3.8, 4) is 0 Å². The number of ether oxygens (including phenoxy) is 1. The van der Waals surface area contributed by atoms with Crippen LogP contribution in [0.15, 0.2) is 30.5 Å². The van der Waals surface area contributed by atoms with E-state index in [1.807, 2.05) is 20.0 Å². The van der Waals surface area contributed by atoms with Crippen LogP contribution in [0, 0.1) is 24.0 Å². The number of aryl methyl sites for hydroxylation is 2. The van der Waals surface area contributed by atoms with Crippen molar-refractivity contribution in [2.75, 3.05) is 31.1 Å². The molecule has 0 unspecified atom stereocenters. The van der Waals surface area contributed by atoms with Crippen LogP contribution in [0.5, 0.6) is 0 Å². The molecule has 1 fully saturated rings. The molecule has 4 rings (SSSR count). The van der Waals surface area contributed by atoms with E-state index in [1.54, 1.807) is 11.8 Å². The summed E-state index contributed by atoms with van der Waals surface area (Å²) in [4.78, 5) is 51.5. The zero-order valence-corrected chi connectivity index (χ0v) is 20.0. The number of rotatable bonds is 6. The first-order valence-corrected chi connectivity index (χ1v) is 11.6. The molecule has 2 aromatic heterocycles. The highest BCUT2D eigenvalue weighted by Crippen LogP contribution is 2.33. The van der Waals surface area contributed by atoms with Gasteiger partial charge in [0.25, 0.3) is 5.69 Å². The van der Waals surface area contributed by atoms with E-state index in [2.05, 4.69) is 15.0 Å². The summed E-state index contributed by atoms with van der Waals surface area (Å²) in [7, 11) is 0. The molecule has 1 N–H and O–H groups in total. The van der Waals surface area contributed by atoms with Gasteiger partial charge in [-0.05, 0) is 51.7 Å². The number of aromatic nitrogens is 3.